The minimum atomic E-state index is 0.566. The highest BCUT2D eigenvalue weighted by atomic mass is 32.1. The van der Waals surface area contributed by atoms with Gasteiger partial charge in [-0.25, -0.2) is 4.68 Å². The number of nitrogens with zero attached hydrogens (tertiary/aromatic N) is 7. The third-order valence-corrected chi connectivity index (χ3v) is 6.67. The van der Waals surface area contributed by atoms with Crippen LogP contribution in [0, 0.1) is 11.7 Å². The number of anilines is 1. The maximum absolute atomic E-state index is 5.86. The van der Waals surface area contributed by atoms with Gasteiger partial charge in [-0.3, -0.25) is 14.4 Å². The molecule has 0 N–H and O–H groups in total. The van der Waals surface area contributed by atoms with Gasteiger partial charge >= 0.3 is 0 Å². The summed E-state index contributed by atoms with van der Waals surface area (Å²) in [5, 5.41) is 9.12. The van der Waals surface area contributed by atoms with Gasteiger partial charge in [-0.2, -0.15) is 0 Å². The van der Waals surface area contributed by atoms with Crippen molar-refractivity contribution in [1.29, 1.82) is 0 Å². The second kappa shape index (κ2) is 8.20. The van der Waals surface area contributed by atoms with Gasteiger partial charge in [0.25, 0.3) is 0 Å². The van der Waals surface area contributed by atoms with Crippen LogP contribution in [0.1, 0.15) is 49.6 Å². The van der Waals surface area contributed by atoms with Crippen molar-refractivity contribution in [2.75, 3.05) is 44.2 Å². The highest BCUT2D eigenvalue weighted by Crippen LogP contribution is 2.38. The van der Waals surface area contributed by atoms with Crippen molar-refractivity contribution >= 4 is 18.2 Å². The largest absolute Gasteiger partial charge is 0.361 e. The lowest BCUT2D eigenvalue weighted by molar-refractivity contribution is 0.0965. The Morgan fingerprint density at radius 2 is 1.76 bits per heavy atom. The molecule has 1 aliphatic carbocycles. The van der Waals surface area contributed by atoms with Crippen LogP contribution in [0.3, 0.4) is 0 Å². The molecule has 0 aromatic carbocycles. The molecule has 3 fully saturated rings. The number of piperidine rings is 1. The second-order valence-corrected chi connectivity index (χ2v) is 9.06. The van der Waals surface area contributed by atoms with Gasteiger partial charge in [0, 0.05) is 57.9 Å². The van der Waals surface area contributed by atoms with E-state index >= 15 is 0 Å². The molecule has 1 saturated carbocycles. The number of aromatic nitrogens is 4. The molecule has 2 aromatic rings. The molecule has 3 aliphatic rings. The number of hydrogen-bond acceptors (Lipinski definition) is 7. The molecule has 0 spiro atoms. The summed E-state index contributed by atoms with van der Waals surface area (Å²) in [6.07, 6.45) is 6.33. The molecule has 2 saturated heterocycles. The molecule has 2 aromatic heterocycles. The average molecular weight is 418 g/mol. The van der Waals surface area contributed by atoms with E-state index < -0.39 is 0 Å². The topological polar surface area (TPSA) is 58.5 Å². The molecule has 4 heterocycles. The van der Waals surface area contributed by atoms with Crippen LogP contribution >= 0.6 is 12.2 Å². The lowest BCUT2D eigenvalue weighted by atomic mass is 10.1. The molecule has 0 unspecified atom stereocenters. The molecule has 5 rings (SSSR count). The van der Waals surface area contributed by atoms with Crippen molar-refractivity contribution in [2.24, 2.45) is 0 Å². The van der Waals surface area contributed by atoms with E-state index in [4.69, 9.17) is 21.8 Å². The highest BCUT2D eigenvalue weighted by Gasteiger charge is 2.31. The molecule has 9 heteroatoms. The van der Waals surface area contributed by atoms with Crippen LogP contribution in [0.5, 0.6) is 0 Å². The van der Waals surface area contributed by atoms with E-state index in [9.17, 15) is 0 Å². The first-order valence-corrected chi connectivity index (χ1v) is 11.4. The monoisotopic (exact) mass is 417 g/mol. The molecular formula is C20H31N7OS. The van der Waals surface area contributed by atoms with Crippen LogP contribution < -0.4 is 4.90 Å². The van der Waals surface area contributed by atoms with E-state index in [0.29, 0.717) is 6.04 Å². The Morgan fingerprint density at radius 3 is 2.41 bits per heavy atom. The summed E-state index contributed by atoms with van der Waals surface area (Å²) in [7, 11) is 0. The Bertz CT molecular complexity index is 885. The summed E-state index contributed by atoms with van der Waals surface area (Å²) in [5.41, 5.74) is 1.02. The Morgan fingerprint density at radius 1 is 1.03 bits per heavy atom. The lowest BCUT2D eigenvalue weighted by Gasteiger charge is -2.33. The maximum Gasteiger partial charge on any atom is 0.226 e. The minimum Gasteiger partial charge on any atom is -0.361 e. The van der Waals surface area contributed by atoms with Crippen LogP contribution in [0.25, 0.3) is 0 Å². The fraction of sp³-hybridized carbons (Fsp3) is 0.750. The maximum atomic E-state index is 5.86. The van der Waals surface area contributed by atoms with Crippen molar-refractivity contribution in [3.05, 3.63) is 22.3 Å². The normalized spacial score (nSPS) is 21.8. The van der Waals surface area contributed by atoms with Crippen molar-refractivity contribution in [2.45, 2.75) is 58.3 Å². The zero-order valence-corrected chi connectivity index (χ0v) is 18.1. The Hall–Kier alpha value is -1.71. The summed E-state index contributed by atoms with van der Waals surface area (Å²) in [4.78, 5) is 7.35. The van der Waals surface area contributed by atoms with Crippen LogP contribution in [-0.4, -0.2) is 68.6 Å². The van der Waals surface area contributed by atoms with E-state index in [1.807, 2.05) is 13.0 Å². The van der Waals surface area contributed by atoms with Gasteiger partial charge in [-0.05, 0) is 51.2 Å². The zero-order chi connectivity index (χ0) is 19.8. The SMILES string of the molecule is Cc1cc(CN2CCN(Cn3nc(N4CCCCC4)n(C4CC4)c3=S)CC2)no1. The summed E-state index contributed by atoms with van der Waals surface area (Å²) in [6, 6.07) is 2.59. The predicted molar refractivity (Wildman–Crippen MR) is 113 cm³/mol. The van der Waals surface area contributed by atoms with Gasteiger partial charge in [-0.1, -0.05) is 5.16 Å². The van der Waals surface area contributed by atoms with Crippen molar-refractivity contribution < 1.29 is 4.52 Å². The number of rotatable bonds is 6. The summed E-state index contributed by atoms with van der Waals surface area (Å²) in [5.74, 6) is 1.99. The number of hydrogen-bond donors (Lipinski definition) is 0. The number of piperazine rings is 1. The van der Waals surface area contributed by atoms with E-state index in [2.05, 4.69) is 29.1 Å². The van der Waals surface area contributed by atoms with Crippen LogP contribution in [0.2, 0.25) is 0 Å². The number of aryl methyl sites for hydroxylation is 1. The average Bonchev–Trinajstić information content (AvgIpc) is 3.41. The Kier molecular flexibility index (Phi) is 5.45. The van der Waals surface area contributed by atoms with Crippen molar-refractivity contribution in [3.8, 4) is 0 Å². The molecule has 8 nitrogen and oxygen atoms in total. The predicted octanol–water partition coefficient (Wildman–Crippen LogP) is 2.81. The molecular weight excluding hydrogens is 386 g/mol. The molecule has 2 aliphatic heterocycles. The quantitative estimate of drug-likeness (QED) is 0.670. The van der Waals surface area contributed by atoms with Crippen LogP contribution in [0.15, 0.2) is 10.6 Å². The molecule has 158 valence electrons. The van der Waals surface area contributed by atoms with Gasteiger partial charge in [0.15, 0.2) is 0 Å². The molecule has 0 bridgehead atoms. The lowest BCUT2D eigenvalue weighted by Crippen LogP contribution is -2.46. The van der Waals surface area contributed by atoms with E-state index in [0.717, 1.165) is 74.7 Å². The van der Waals surface area contributed by atoms with Gasteiger partial charge in [0.05, 0.1) is 12.4 Å². The molecule has 29 heavy (non-hydrogen) atoms. The first-order valence-electron chi connectivity index (χ1n) is 11.0. The van der Waals surface area contributed by atoms with Crippen LogP contribution in [0.4, 0.5) is 5.95 Å². The summed E-state index contributed by atoms with van der Waals surface area (Å²) >= 11 is 5.86. The minimum absolute atomic E-state index is 0.566. The van der Waals surface area contributed by atoms with E-state index in [1.54, 1.807) is 0 Å². The fourth-order valence-corrected chi connectivity index (χ4v) is 4.79. The van der Waals surface area contributed by atoms with Crippen molar-refractivity contribution in [3.63, 3.8) is 0 Å². The van der Waals surface area contributed by atoms with Gasteiger partial charge in [0.1, 0.15) is 5.76 Å². The van der Waals surface area contributed by atoms with Gasteiger partial charge in [0.2, 0.25) is 10.7 Å². The Labute approximate surface area is 177 Å². The van der Waals surface area contributed by atoms with Gasteiger partial charge in [-0.15, -0.1) is 5.10 Å². The summed E-state index contributed by atoms with van der Waals surface area (Å²) < 4.78 is 10.5. The molecule has 0 atom stereocenters. The first kappa shape index (κ1) is 19.3. The third kappa shape index (κ3) is 4.27. The van der Waals surface area contributed by atoms with Crippen LogP contribution in [-0.2, 0) is 13.2 Å². The second-order valence-electron chi connectivity index (χ2n) is 8.70. The van der Waals surface area contributed by atoms with E-state index in [-0.39, 0.29) is 0 Å². The zero-order valence-electron chi connectivity index (χ0n) is 17.3. The smallest absolute Gasteiger partial charge is 0.226 e. The fourth-order valence-electron chi connectivity index (χ4n) is 4.46. The molecule has 0 amide bonds. The summed E-state index contributed by atoms with van der Waals surface area (Å²) in [6.45, 7) is 9.91. The third-order valence-electron chi connectivity index (χ3n) is 6.26. The van der Waals surface area contributed by atoms with E-state index in [1.165, 1.54) is 32.1 Å². The highest BCUT2D eigenvalue weighted by molar-refractivity contribution is 7.71. The Balaban J connectivity index is 1.23. The standard InChI is InChI=1S/C20H31N7OS/c1-16-13-17(22-28-16)14-23-9-11-24(12-10-23)15-26-20(29)27(18-5-6-18)19(21-26)25-7-3-2-4-8-25/h13,18H,2-12,14-15H2,1H3. The first-order chi connectivity index (χ1) is 14.2. The molecule has 0 radical (unpaired) electrons. The van der Waals surface area contributed by atoms with Crippen molar-refractivity contribution in [1.82, 2.24) is 29.3 Å². The van der Waals surface area contributed by atoms with Gasteiger partial charge < -0.3 is 9.42 Å².